The highest BCUT2D eigenvalue weighted by atomic mass is 16.3. The highest BCUT2D eigenvalue weighted by Crippen LogP contribution is 2.44. The molecule has 0 radical (unpaired) electrons. The fourth-order valence-corrected chi connectivity index (χ4v) is 7.62. The number of aryl methyl sites for hydroxylation is 1. The Bertz CT molecular complexity index is 2690. The van der Waals surface area contributed by atoms with Crippen LogP contribution < -0.4 is 0 Å². The van der Waals surface area contributed by atoms with E-state index in [-0.39, 0.29) is 11.8 Å². The standard InChI is InChI=1S/C46H38N2O2/c1-27(2)37-24-32(44-29(5)33-16-9-12-21-41(33)49-44)25-38(28(3)4)43(37)48-40-20-11-10-19-39(40)47-46(48)36-18-13-17-35-34-23-22-31(26-42(34)50-45(35)36)30-14-7-6-8-15-30/h6-28H,1-5H3. The molecule has 9 aromatic rings. The van der Waals surface area contributed by atoms with Crippen molar-refractivity contribution >= 4 is 43.9 Å². The number of hydrogen-bond donors (Lipinski definition) is 0. The Kier molecular flexibility index (Phi) is 7.03. The average molecular weight is 651 g/mol. The van der Waals surface area contributed by atoms with E-state index in [0.29, 0.717) is 0 Å². The van der Waals surface area contributed by atoms with E-state index in [1.54, 1.807) is 0 Å². The van der Waals surface area contributed by atoms with Crippen LogP contribution in [0.5, 0.6) is 0 Å². The number of aromatic nitrogens is 2. The number of fused-ring (bicyclic) bond motifs is 5. The summed E-state index contributed by atoms with van der Waals surface area (Å²) in [6, 6.07) is 44.9. The van der Waals surface area contributed by atoms with Crippen molar-refractivity contribution < 1.29 is 8.83 Å². The zero-order valence-corrected chi connectivity index (χ0v) is 29.0. The normalized spacial score (nSPS) is 12.1. The molecule has 0 saturated carbocycles. The van der Waals surface area contributed by atoms with Gasteiger partial charge in [0.1, 0.15) is 28.3 Å². The maximum absolute atomic E-state index is 6.80. The van der Waals surface area contributed by atoms with Gasteiger partial charge in [-0.2, -0.15) is 0 Å². The van der Waals surface area contributed by atoms with E-state index in [0.717, 1.165) is 72.2 Å². The van der Waals surface area contributed by atoms with Crippen LogP contribution in [0.2, 0.25) is 0 Å². The maximum atomic E-state index is 6.80. The van der Waals surface area contributed by atoms with Crippen LogP contribution in [-0.4, -0.2) is 9.55 Å². The van der Waals surface area contributed by atoms with Gasteiger partial charge >= 0.3 is 0 Å². The number of para-hydroxylation sites is 4. The van der Waals surface area contributed by atoms with Crippen LogP contribution >= 0.6 is 0 Å². The van der Waals surface area contributed by atoms with Gasteiger partial charge in [0.05, 0.1) is 22.3 Å². The molecular formula is C46H38N2O2. The molecule has 0 aliphatic heterocycles. The molecule has 0 bridgehead atoms. The first kappa shape index (κ1) is 30.2. The summed E-state index contributed by atoms with van der Waals surface area (Å²) >= 11 is 0. The molecule has 50 heavy (non-hydrogen) atoms. The number of rotatable bonds is 6. The summed E-state index contributed by atoms with van der Waals surface area (Å²) in [5.41, 5.74) is 13.9. The lowest BCUT2D eigenvalue weighted by Gasteiger charge is -2.24. The number of furan rings is 2. The molecule has 0 saturated heterocycles. The van der Waals surface area contributed by atoms with E-state index < -0.39 is 0 Å². The summed E-state index contributed by atoms with van der Waals surface area (Å²) < 4.78 is 15.7. The SMILES string of the molecule is Cc1c(-c2cc(C(C)C)c(-n3c(-c4cccc5c4oc4cc(-c6ccccc6)ccc45)nc4ccccc43)c(C(C)C)c2)oc2ccccc12. The fourth-order valence-electron chi connectivity index (χ4n) is 7.62. The van der Waals surface area contributed by atoms with Crippen LogP contribution in [-0.2, 0) is 0 Å². The first-order chi connectivity index (χ1) is 24.4. The second-order valence-corrected chi connectivity index (χ2v) is 14.0. The highest BCUT2D eigenvalue weighted by molar-refractivity contribution is 6.10. The van der Waals surface area contributed by atoms with Gasteiger partial charge in [0, 0.05) is 27.3 Å². The molecule has 0 aliphatic carbocycles. The molecule has 0 aliphatic rings. The zero-order valence-electron chi connectivity index (χ0n) is 29.0. The van der Waals surface area contributed by atoms with E-state index in [1.165, 1.54) is 27.9 Å². The number of imidazole rings is 1. The van der Waals surface area contributed by atoms with Crippen molar-refractivity contribution in [3.8, 4) is 39.5 Å². The van der Waals surface area contributed by atoms with E-state index in [2.05, 4.69) is 154 Å². The first-order valence-electron chi connectivity index (χ1n) is 17.5. The van der Waals surface area contributed by atoms with Crippen LogP contribution in [0.15, 0.2) is 136 Å². The molecule has 244 valence electrons. The lowest BCUT2D eigenvalue weighted by Crippen LogP contribution is -2.09. The molecule has 6 aromatic carbocycles. The molecule has 3 aromatic heterocycles. The van der Waals surface area contributed by atoms with Crippen LogP contribution in [0.4, 0.5) is 0 Å². The molecule has 9 rings (SSSR count). The van der Waals surface area contributed by atoms with E-state index in [9.17, 15) is 0 Å². The molecule has 4 heteroatoms. The van der Waals surface area contributed by atoms with Gasteiger partial charge in [-0.25, -0.2) is 4.98 Å². The Labute approximate surface area is 291 Å². The third-order valence-corrected chi connectivity index (χ3v) is 10.2. The second-order valence-electron chi connectivity index (χ2n) is 14.0. The number of nitrogens with zero attached hydrogens (tertiary/aromatic N) is 2. The Morgan fingerprint density at radius 2 is 1.26 bits per heavy atom. The number of hydrogen-bond acceptors (Lipinski definition) is 3. The summed E-state index contributed by atoms with van der Waals surface area (Å²) in [5.74, 6) is 2.27. The van der Waals surface area contributed by atoms with E-state index in [1.807, 2.05) is 12.1 Å². The lowest BCUT2D eigenvalue weighted by atomic mass is 9.88. The predicted octanol–water partition coefficient (Wildman–Crippen LogP) is 13.2. The van der Waals surface area contributed by atoms with E-state index >= 15 is 0 Å². The van der Waals surface area contributed by atoms with Crippen molar-refractivity contribution in [1.29, 1.82) is 0 Å². The Morgan fingerprint density at radius 1 is 0.560 bits per heavy atom. The van der Waals surface area contributed by atoms with Gasteiger partial charge < -0.3 is 8.83 Å². The van der Waals surface area contributed by atoms with Crippen molar-refractivity contribution in [2.24, 2.45) is 0 Å². The maximum Gasteiger partial charge on any atom is 0.149 e. The summed E-state index contributed by atoms with van der Waals surface area (Å²) in [6.45, 7) is 11.3. The van der Waals surface area contributed by atoms with Crippen molar-refractivity contribution in [2.45, 2.75) is 46.5 Å². The van der Waals surface area contributed by atoms with Gasteiger partial charge in [0.2, 0.25) is 0 Å². The third kappa shape index (κ3) is 4.70. The molecule has 0 fully saturated rings. The Hall–Kier alpha value is -5.87. The monoisotopic (exact) mass is 650 g/mol. The molecule has 3 heterocycles. The smallest absolute Gasteiger partial charge is 0.149 e. The van der Waals surface area contributed by atoms with Gasteiger partial charge in [0.15, 0.2) is 0 Å². The van der Waals surface area contributed by atoms with Crippen LogP contribution in [0.1, 0.15) is 56.2 Å². The molecule has 0 atom stereocenters. The third-order valence-electron chi connectivity index (χ3n) is 10.2. The van der Waals surface area contributed by atoms with Gasteiger partial charge in [-0.1, -0.05) is 107 Å². The Morgan fingerprint density at radius 3 is 2.02 bits per heavy atom. The summed E-state index contributed by atoms with van der Waals surface area (Å²) in [6.07, 6.45) is 0. The van der Waals surface area contributed by atoms with Gasteiger partial charge in [0.25, 0.3) is 0 Å². The average Bonchev–Trinajstić information content (AvgIpc) is 3.82. The van der Waals surface area contributed by atoms with Gasteiger partial charge in [-0.15, -0.1) is 0 Å². The topological polar surface area (TPSA) is 44.1 Å². The summed E-state index contributed by atoms with van der Waals surface area (Å²) in [5, 5.41) is 3.33. The minimum atomic E-state index is 0.236. The van der Waals surface area contributed by atoms with Gasteiger partial charge in [-0.05, 0) is 89.5 Å². The molecule has 0 unspecified atom stereocenters. The lowest BCUT2D eigenvalue weighted by molar-refractivity contribution is 0.628. The summed E-state index contributed by atoms with van der Waals surface area (Å²) in [7, 11) is 0. The minimum Gasteiger partial charge on any atom is -0.456 e. The fraction of sp³-hybridized carbons (Fsp3) is 0.152. The quantitative estimate of drug-likeness (QED) is 0.180. The molecule has 4 nitrogen and oxygen atoms in total. The second kappa shape index (κ2) is 11.6. The first-order valence-corrected chi connectivity index (χ1v) is 17.5. The largest absolute Gasteiger partial charge is 0.456 e. The summed E-state index contributed by atoms with van der Waals surface area (Å²) in [4.78, 5) is 5.35. The van der Waals surface area contributed by atoms with Crippen molar-refractivity contribution in [1.82, 2.24) is 9.55 Å². The van der Waals surface area contributed by atoms with Crippen LogP contribution in [0, 0.1) is 6.92 Å². The van der Waals surface area contributed by atoms with Crippen molar-refractivity contribution in [2.75, 3.05) is 0 Å². The van der Waals surface area contributed by atoms with E-state index in [4.69, 9.17) is 13.8 Å². The zero-order chi connectivity index (χ0) is 34.1. The van der Waals surface area contributed by atoms with Crippen molar-refractivity contribution in [3.63, 3.8) is 0 Å². The van der Waals surface area contributed by atoms with Crippen LogP contribution in [0.25, 0.3) is 83.5 Å². The molecule has 0 N–H and O–H groups in total. The van der Waals surface area contributed by atoms with Gasteiger partial charge in [-0.3, -0.25) is 4.57 Å². The molecule has 0 amide bonds. The van der Waals surface area contributed by atoms with Crippen molar-refractivity contribution in [3.05, 3.63) is 144 Å². The highest BCUT2D eigenvalue weighted by Gasteiger charge is 2.26. The van der Waals surface area contributed by atoms with Crippen LogP contribution in [0.3, 0.4) is 0 Å². The molecule has 0 spiro atoms. The molecular weight excluding hydrogens is 613 g/mol. The Balaban J connectivity index is 1.31. The predicted molar refractivity (Wildman–Crippen MR) is 207 cm³/mol. The number of benzene rings is 6. The minimum absolute atomic E-state index is 0.236.